The molecule has 2 atom stereocenters. The number of nitrogens with zero attached hydrogens (tertiary/aromatic N) is 2. The molecule has 1 aliphatic carbocycles. The Morgan fingerprint density at radius 2 is 2.11 bits per heavy atom. The molecule has 0 aromatic carbocycles. The minimum Gasteiger partial charge on any atom is -0.314 e. The van der Waals surface area contributed by atoms with E-state index in [0.29, 0.717) is 6.04 Å². The molecule has 1 aromatic rings. The highest BCUT2D eigenvalue weighted by Crippen LogP contribution is 2.32. The highest BCUT2D eigenvalue weighted by molar-refractivity contribution is 9.10. The molecular formula is C15H26BrN3. The summed E-state index contributed by atoms with van der Waals surface area (Å²) < 4.78 is 3.43. The number of nitrogens with one attached hydrogen (secondary N) is 1. The van der Waals surface area contributed by atoms with Crippen LogP contribution in [-0.4, -0.2) is 22.4 Å². The maximum atomic E-state index is 4.71. The quantitative estimate of drug-likeness (QED) is 0.865. The van der Waals surface area contributed by atoms with Crippen molar-refractivity contribution >= 4 is 15.9 Å². The topological polar surface area (TPSA) is 29.9 Å². The first-order valence-corrected chi connectivity index (χ1v) is 8.47. The molecule has 0 aliphatic heterocycles. The summed E-state index contributed by atoms with van der Waals surface area (Å²) in [6, 6.07) is 0.696. The van der Waals surface area contributed by atoms with E-state index >= 15 is 0 Å². The third-order valence-corrected chi connectivity index (χ3v) is 5.19. The first kappa shape index (κ1) is 15.0. The molecule has 2 unspecified atom stereocenters. The SMILES string of the molecule is CCNC1CCCC1Cc1c(Br)c(CC)nn1CC. The zero-order chi connectivity index (χ0) is 13.8. The number of hydrogen-bond acceptors (Lipinski definition) is 2. The van der Waals surface area contributed by atoms with Crippen molar-refractivity contribution in [1.29, 1.82) is 0 Å². The maximum absolute atomic E-state index is 4.71. The summed E-state index contributed by atoms with van der Waals surface area (Å²) >= 11 is 3.77. The van der Waals surface area contributed by atoms with Gasteiger partial charge in [-0.05, 0) is 61.0 Å². The van der Waals surface area contributed by atoms with Crippen LogP contribution in [0.1, 0.15) is 51.4 Å². The molecule has 0 bridgehead atoms. The standard InChI is InChI=1S/C15H26BrN3/c1-4-12-15(16)14(19(6-3)18-12)10-11-8-7-9-13(11)17-5-2/h11,13,17H,4-10H2,1-3H3. The third-order valence-electron chi connectivity index (χ3n) is 4.28. The van der Waals surface area contributed by atoms with Gasteiger partial charge in [-0.25, -0.2) is 0 Å². The molecule has 3 nitrogen and oxygen atoms in total. The molecule has 19 heavy (non-hydrogen) atoms. The van der Waals surface area contributed by atoms with Gasteiger partial charge in [-0.15, -0.1) is 0 Å². The largest absolute Gasteiger partial charge is 0.314 e. The molecule has 2 rings (SSSR count). The Balaban J connectivity index is 2.15. The molecule has 4 heteroatoms. The monoisotopic (exact) mass is 327 g/mol. The number of halogens is 1. The fourth-order valence-electron chi connectivity index (χ4n) is 3.27. The second kappa shape index (κ2) is 6.89. The van der Waals surface area contributed by atoms with E-state index in [-0.39, 0.29) is 0 Å². The van der Waals surface area contributed by atoms with Crippen molar-refractivity contribution in [2.45, 2.75) is 65.5 Å². The fraction of sp³-hybridized carbons (Fsp3) is 0.800. The summed E-state index contributed by atoms with van der Waals surface area (Å²) in [7, 11) is 0. The van der Waals surface area contributed by atoms with Gasteiger partial charge >= 0.3 is 0 Å². The number of rotatable bonds is 6. The van der Waals surface area contributed by atoms with Gasteiger partial charge in [-0.2, -0.15) is 5.10 Å². The lowest BCUT2D eigenvalue weighted by Crippen LogP contribution is -2.33. The predicted octanol–water partition coefficient (Wildman–Crippen LogP) is 3.55. The first-order valence-electron chi connectivity index (χ1n) is 7.68. The second-order valence-electron chi connectivity index (χ2n) is 5.44. The summed E-state index contributed by atoms with van der Waals surface area (Å²) in [5.74, 6) is 0.767. The number of aromatic nitrogens is 2. The highest BCUT2D eigenvalue weighted by atomic mass is 79.9. The number of hydrogen-bond donors (Lipinski definition) is 1. The van der Waals surface area contributed by atoms with Gasteiger partial charge in [0.2, 0.25) is 0 Å². The van der Waals surface area contributed by atoms with Crippen LogP contribution < -0.4 is 5.32 Å². The summed E-state index contributed by atoms with van der Waals surface area (Å²) in [6.07, 6.45) is 6.19. The van der Waals surface area contributed by atoms with Gasteiger partial charge in [0.25, 0.3) is 0 Å². The average molecular weight is 328 g/mol. The molecule has 1 saturated carbocycles. The van der Waals surface area contributed by atoms with Crippen LogP contribution in [0, 0.1) is 5.92 Å². The van der Waals surface area contributed by atoms with E-state index in [9.17, 15) is 0 Å². The van der Waals surface area contributed by atoms with Gasteiger partial charge in [-0.1, -0.05) is 20.3 Å². The number of aryl methyl sites for hydroxylation is 2. The Morgan fingerprint density at radius 3 is 2.74 bits per heavy atom. The van der Waals surface area contributed by atoms with Gasteiger partial charge < -0.3 is 5.32 Å². The van der Waals surface area contributed by atoms with E-state index < -0.39 is 0 Å². The second-order valence-corrected chi connectivity index (χ2v) is 6.23. The lowest BCUT2D eigenvalue weighted by molar-refractivity contribution is 0.395. The van der Waals surface area contributed by atoms with E-state index in [1.807, 2.05) is 0 Å². The first-order chi connectivity index (χ1) is 9.21. The maximum Gasteiger partial charge on any atom is 0.0766 e. The van der Waals surface area contributed by atoms with Crippen LogP contribution in [0.5, 0.6) is 0 Å². The Bertz CT molecular complexity index is 414. The normalized spacial score (nSPS) is 23.2. The zero-order valence-electron chi connectivity index (χ0n) is 12.4. The van der Waals surface area contributed by atoms with Gasteiger partial charge in [0.15, 0.2) is 0 Å². The molecule has 0 spiro atoms. The van der Waals surface area contributed by atoms with E-state index in [4.69, 9.17) is 5.10 Å². The van der Waals surface area contributed by atoms with Crippen LogP contribution >= 0.6 is 15.9 Å². The molecule has 0 radical (unpaired) electrons. The van der Waals surface area contributed by atoms with Crippen molar-refractivity contribution < 1.29 is 0 Å². The van der Waals surface area contributed by atoms with Crippen molar-refractivity contribution in [2.75, 3.05) is 6.54 Å². The highest BCUT2D eigenvalue weighted by Gasteiger charge is 2.28. The smallest absolute Gasteiger partial charge is 0.0766 e. The molecular weight excluding hydrogens is 302 g/mol. The molecule has 1 heterocycles. The van der Waals surface area contributed by atoms with E-state index in [1.165, 1.54) is 35.1 Å². The van der Waals surface area contributed by atoms with E-state index in [1.54, 1.807) is 0 Å². The Morgan fingerprint density at radius 1 is 1.32 bits per heavy atom. The molecule has 0 amide bonds. The van der Waals surface area contributed by atoms with E-state index in [0.717, 1.165) is 31.8 Å². The van der Waals surface area contributed by atoms with Crippen LogP contribution in [-0.2, 0) is 19.4 Å². The zero-order valence-corrected chi connectivity index (χ0v) is 14.0. The van der Waals surface area contributed by atoms with Crippen LogP contribution in [0.25, 0.3) is 0 Å². The molecule has 1 aromatic heterocycles. The van der Waals surface area contributed by atoms with E-state index in [2.05, 4.69) is 46.7 Å². The summed E-state index contributed by atoms with van der Waals surface area (Å²) in [5, 5.41) is 8.36. The van der Waals surface area contributed by atoms with Crippen LogP contribution in [0.2, 0.25) is 0 Å². The van der Waals surface area contributed by atoms with Crippen LogP contribution in [0.3, 0.4) is 0 Å². The molecule has 0 saturated heterocycles. The van der Waals surface area contributed by atoms with Crippen molar-refractivity contribution in [3.63, 3.8) is 0 Å². The summed E-state index contributed by atoms with van der Waals surface area (Å²) in [6.45, 7) is 8.60. The van der Waals surface area contributed by atoms with Crippen LogP contribution in [0.4, 0.5) is 0 Å². The molecule has 1 aliphatic rings. The lowest BCUT2D eigenvalue weighted by atomic mass is 9.97. The Labute approximate surface area is 125 Å². The van der Waals surface area contributed by atoms with Crippen molar-refractivity contribution in [3.05, 3.63) is 15.9 Å². The predicted molar refractivity (Wildman–Crippen MR) is 83.5 cm³/mol. The Kier molecular flexibility index (Phi) is 5.46. The Hall–Kier alpha value is -0.350. The minimum atomic E-state index is 0.696. The molecule has 108 valence electrons. The van der Waals surface area contributed by atoms with Crippen LogP contribution in [0.15, 0.2) is 4.47 Å². The molecule has 1 N–H and O–H groups in total. The van der Waals surface area contributed by atoms with Crippen molar-refractivity contribution in [3.8, 4) is 0 Å². The van der Waals surface area contributed by atoms with Gasteiger partial charge in [-0.3, -0.25) is 4.68 Å². The summed E-state index contributed by atoms with van der Waals surface area (Å²) in [5.41, 5.74) is 2.60. The fourth-order valence-corrected chi connectivity index (χ4v) is 4.00. The van der Waals surface area contributed by atoms with Crippen molar-refractivity contribution in [2.24, 2.45) is 5.92 Å². The lowest BCUT2D eigenvalue weighted by Gasteiger charge is -2.20. The van der Waals surface area contributed by atoms with Gasteiger partial charge in [0.05, 0.1) is 15.9 Å². The third kappa shape index (κ3) is 3.22. The molecule has 1 fully saturated rings. The minimum absolute atomic E-state index is 0.696. The van der Waals surface area contributed by atoms with Gasteiger partial charge in [0.1, 0.15) is 0 Å². The van der Waals surface area contributed by atoms with Gasteiger partial charge in [0, 0.05) is 12.6 Å². The average Bonchev–Trinajstić information content (AvgIpc) is 2.97. The summed E-state index contributed by atoms with van der Waals surface area (Å²) in [4.78, 5) is 0. The van der Waals surface area contributed by atoms with Crippen molar-refractivity contribution in [1.82, 2.24) is 15.1 Å².